The molecule has 2 nitrogen and oxygen atoms in total. The van der Waals surface area contributed by atoms with Crippen molar-refractivity contribution in [2.24, 2.45) is 0 Å². The summed E-state index contributed by atoms with van der Waals surface area (Å²) in [7, 11) is -4.33. The maximum Gasteiger partial charge on any atom is 0.389 e. The van der Waals surface area contributed by atoms with Crippen molar-refractivity contribution in [3.05, 3.63) is 0 Å². The van der Waals surface area contributed by atoms with Crippen molar-refractivity contribution in [3.63, 3.8) is 0 Å². The third-order valence-corrected chi connectivity index (χ3v) is 3.33. The summed E-state index contributed by atoms with van der Waals surface area (Å²) in [5, 5.41) is 0. The van der Waals surface area contributed by atoms with Crippen molar-refractivity contribution in [1.29, 1.82) is 0 Å². The summed E-state index contributed by atoms with van der Waals surface area (Å²) in [5.41, 5.74) is 0. The SMILES string of the molecule is O=P(O)(CCC(F)(F)F)CCC(F)(F)F. The highest BCUT2D eigenvalue weighted by atomic mass is 31.2. The van der Waals surface area contributed by atoms with Crippen LogP contribution in [0.2, 0.25) is 0 Å². The predicted octanol–water partition coefficient (Wildman–Crippen LogP) is 3.16. The van der Waals surface area contributed by atoms with E-state index in [1.807, 2.05) is 0 Å². The molecular weight excluding hydrogens is 249 g/mol. The molecule has 0 aliphatic carbocycles. The summed E-state index contributed by atoms with van der Waals surface area (Å²) in [6.07, 6.45) is -14.7. The van der Waals surface area contributed by atoms with Gasteiger partial charge in [-0.15, -0.1) is 0 Å². The van der Waals surface area contributed by atoms with Crippen LogP contribution in [0.5, 0.6) is 0 Å². The van der Waals surface area contributed by atoms with E-state index in [1.54, 1.807) is 0 Å². The molecule has 9 heteroatoms. The number of alkyl halides is 6. The van der Waals surface area contributed by atoms with Crippen molar-refractivity contribution in [2.45, 2.75) is 25.2 Å². The Labute approximate surface area is 81.7 Å². The minimum atomic E-state index is -4.63. The van der Waals surface area contributed by atoms with Gasteiger partial charge in [0.1, 0.15) is 0 Å². The molecule has 0 aromatic carbocycles. The molecule has 92 valence electrons. The Hall–Kier alpha value is -0.230. The first-order chi connectivity index (χ1) is 6.41. The summed E-state index contributed by atoms with van der Waals surface area (Å²) in [4.78, 5) is 8.80. The lowest BCUT2D eigenvalue weighted by Crippen LogP contribution is -2.14. The third kappa shape index (κ3) is 10.1. The second-order valence-corrected chi connectivity index (χ2v) is 5.61. The maximum atomic E-state index is 11.6. The normalized spacial score (nSPS) is 14.3. The van der Waals surface area contributed by atoms with Gasteiger partial charge < -0.3 is 4.89 Å². The van der Waals surface area contributed by atoms with Gasteiger partial charge >= 0.3 is 12.4 Å². The highest BCUT2D eigenvalue weighted by molar-refractivity contribution is 7.57. The van der Waals surface area contributed by atoms with Crippen LogP contribution in [0.15, 0.2) is 0 Å². The van der Waals surface area contributed by atoms with Crippen LogP contribution in [-0.4, -0.2) is 29.6 Å². The molecule has 0 unspecified atom stereocenters. The zero-order valence-electron chi connectivity index (χ0n) is 7.40. The van der Waals surface area contributed by atoms with Crippen LogP contribution in [0.25, 0.3) is 0 Å². The van der Waals surface area contributed by atoms with Crippen molar-refractivity contribution in [3.8, 4) is 0 Å². The Bertz CT molecular complexity index is 223. The first-order valence-corrected chi connectivity index (χ1v) is 5.89. The van der Waals surface area contributed by atoms with Gasteiger partial charge in [0.15, 0.2) is 0 Å². The van der Waals surface area contributed by atoms with E-state index < -0.39 is 44.9 Å². The molecule has 0 saturated heterocycles. The first-order valence-electron chi connectivity index (χ1n) is 3.86. The topological polar surface area (TPSA) is 37.3 Å². The lowest BCUT2D eigenvalue weighted by molar-refractivity contribution is -0.130. The minimum absolute atomic E-state index is 1.16. The lowest BCUT2D eigenvalue weighted by Gasteiger charge is -2.13. The van der Waals surface area contributed by atoms with E-state index in [9.17, 15) is 30.9 Å². The van der Waals surface area contributed by atoms with Crippen LogP contribution in [0.4, 0.5) is 26.3 Å². The molecule has 0 aliphatic heterocycles. The largest absolute Gasteiger partial charge is 0.389 e. The summed E-state index contributed by atoms with van der Waals surface area (Å²) in [6.45, 7) is 0. The van der Waals surface area contributed by atoms with E-state index in [0.717, 1.165) is 0 Å². The van der Waals surface area contributed by atoms with Crippen molar-refractivity contribution < 1.29 is 35.8 Å². The fourth-order valence-electron chi connectivity index (χ4n) is 0.715. The molecule has 0 bridgehead atoms. The van der Waals surface area contributed by atoms with Gasteiger partial charge in [0.25, 0.3) is 0 Å². The van der Waals surface area contributed by atoms with Crippen molar-refractivity contribution in [2.75, 3.05) is 12.3 Å². The van der Waals surface area contributed by atoms with Crippen LogP contribution in [0.1, 0.15) is 12.8 Å². The average Bonchev–Trinajstić information content (AvgIpc) is 1.96. The van der Waals surface area contributed by atoms with Gasteiger partial charge in [0, 0.05) is 12.3 Å². The molecule has 0 aromatic rings. The maximum absolute atomic E-state index is 11.6. The molecule has 1 N–H and O–H groups in total. The van der Waals surface area contributed by atoms with Gasteiger partial charge in [-0.1, -0.05) is 0 Å². The highest BCUT2D eigenvalue weighted by Gasteiger charge is 2.35. The standard InChI is InChI=1S/C6H9F6O2P/c7-5(8,9)1-3-15(13,14)4-2-6(10,11)12/h1-4H2,(H,13,14). The summed E-state index contributed by atoms with van der Waals surface area (Å²) >= 11 is 0. The molecule has 15 heavy (non-hydrogen) atoms. The molecule has 0 fully saturated rings. The summed E-state index contributed by atoms with van der Waals surface area (Å²) in [5.74, 6) is 0. The second-order valence-electron chi connectivity index (χ2n) is 3.02. The number of rotatable bonds is 4. The monoisotopic (exact) mass is 258 g/mol. The molecule has 0 amide bonds. The number of halogens is 6. The van der Waals surface area contributed by atoms with Crippen LogP contribution in [0.3, 0.4) is 0 Å². The van der Waals surface area contributed by atoms with Gasteiger partial charge in [0.05, 0.1) is 12.8 Å². The zero-order valence-corrected chi connectivity index (χ0v) is 8.29. The second kappa shape index (κ2) is 4.74. The Morgan fingerprint density at radius 1 is 0.867 bits per heavy atom. The van der Waals surface area contributed by atoms with Gasteiger partial charge in [0.2, 0.25) is 7.37 Å². The Kier molecular flexibility index (Phi) is 4.67. The van der Waals surface area contributed by atoms with Crippen LogP contribution < -0.4 is 0 Å². The number of hydrogen-bond acceptors (Lipinski definition) is 1. The van der Waals surface area contributed by atoms with E-state index >= 15 is 0 Å². The Balaban J connectivity index is 4.04. The summed E-state index contributed by atoms with van der Waals surface area (Å²) < 4.78 is 80.5. The average molecular weight is 258 g/mol. The van der Waals surface area contributed by atoms with Gasteiger partial charge in [-0.3, -0.25) is 4.57 Å². The van der Waals surface area contributed by atoms with Gasteiger partial charge in [-0.25, -0.2) is 0 Å². The number of hydrogen-bond donors (Lipinski definition) is 1. The molecule has 0 aromatic heterocycles. The minimum Gasteiger partial charge on any atom is -0.344 e. The smallest absolute Gasteiger partial charge is 0.344 e. The Morgan fingerprint density at radius 2 is 1.13 bits per heavy atom. The van der Waals surface area contributed by atoms with Crippen molar-refractivity contribution in [1.82, 2.24) is 0 Å². The molecular formula is C6H9F6O2P. The highest BCUT2D eigenvalue weighted by Crippen LogP contribution is 2.45. The molecule has 0 rings (SSSR count). The van der Waals surface area contributed by atoms with Crippen LogP contribution in [0, 0.1) is 0 Å². The van der Waals surface area contributed by atoms with Crippen LogP contribution in [-0.2, 0) is 4.57 Å². The van der Waals surface area contributed by atoms with E-state index in [2.05, 4.69) is 0 Å². The Morgan fingerprint density at radius 3 is 1.33 bits per heavy atom. The molecule has 0 radical (unpaired) electrons. The molecule has 0 saturated carbocycles. The van der Waals surface area contributed by atoms with Crippen LogP contribution >= 0.6 is 7.37 Å². The molecule has 0 atom stereocenters. The molecule has 0 spiro atoms. The fraction of sp³-hybridized carbons (Fsp3) is 1.00. The van der Waals surface area contributed by atoms with E-state index in [4.69, 9.17) is 4.89 Å². The lowest BCUT2D eigenvalue weighted by atomic mass is 10.5. The van der Waals surface area contributed by atoms with Crippen molar-refractivity contribution >= 4 is 7.37 Å². The molecule has 0 heterocycles. The van der Waals surface area contributed by atoms with Gasteiger partial charge in [-0.2, -0.15) is 26.3 Å². The van der Waals surface area contributed by atoms with E-state index in [1.165, 1.54) is 0 Å². The fourth-order valence-corrected chi connectivity index (χ4v) is 2.14. The van der Waals surface area contributed by atoms with Gasteiger partial charge in [-0.05, 0) is 0 Å². The predicted molar refractivity (Wildman–Crippen MR) is 40.9 cm³/mol. The van der Waals surface area contributed by atoms with E-state index in [0.29, 0.717) is 0 Å². The molecule has 0 aliphatic rings. The summed E-state index contributed by atoms with van der Waals surface area (Å²) in [6, 6.07) is 0. The zero-order chi connectivity index (χ0) is 12.3. The first kappa shape index (κ1) is 14.8. The third-order valence-electron chi connectivity index (χ3n) is 1.49. The quantitative estimate of drug-likeness (QED) is 0.621. The van der Waals surface area contributed by atoms with E-state index in [-0.39, 0.29) is 0 Å².